The maximum absolute atomic E-state index is 12.8. The zero-order chi connectivity index (χ0) is 22.9. The second-order valence-corrected chi connectivity index (χ2v) is 9.88. The highest BCUT2D eigenvalue weighted by Crippen LogP contribution is 2.21. The Labute approximate surface area is 189 Å². The summed E-state index contributed by atoms with van der Waals surface area (Å²) in [7, 11) is -3.48. The summed E-state index contributed by atoms with van der Waals surface area (Å²) in [6, 6.07) is 9.70. The van der Waals surface area contributed by atoms with Gasteiger partial charge < -0.3 is 4.90 Å². The molecule has 168 valence electrons. The van der Waals surface area contributed by atoms with Gasteiger partial charge in [0.05, 0.1) is 5.69 Å². The molecule has 0 spiro atoms. The minimum absolute atomic E-state index is 0.405. The summed E-state index contributed by atoms with van der Waals surface area (Å²) in [5.41, 5.74) is 4.00. The number of imidazole rings is 1. The van der Waals surface area contributed by atoms with Gasteiger partial charge in [0.25, 0.3) is 0 Å². The summed E-state index contributed by atoms with van der Waals surface area (Å²) < 4.78 is 29.0. The Morgan fingerprint density at radius 2 is 1.56 bits per heavy atom. The number of nitrogens with zero attached hydrogens (tertiary/aromatic N) is 6. The van der Waals surface area contributed by atoms with E-state index in [0.29, 0.717) is 32.0 Å². The second kappa shape index (κ2) is 8.84. The van der Waals surface area contributed by atoms with Crippen LogP contribution in [0.4, 0.5) is 5.82 Å². The van der Waals surface area contributed by atoms with E-state index in [1.807, 2.05) is 62.6 Å². The fourth-order valence-corrected chi connectivity index (χ4v) is 4.82. The van der Waals surface area contributed by atoms with Gasteiger partial charge in [0.2, 0.25) is 10.0 Å². The number of hydrogen-bond acceptors (Lipinski definition) is 6. The van der Waals surface area contributed by atoms with Crippen molar-refractivity contribution in [2.75, 3.05) is 31.1 Å². The summed E-state index contributed by atoms with van der Waals surface area (Å²) in [5.74, 6) is 2.23. The van der Waals surface area contributed by atoms with Crippen LogP contribution in [-0.2, 0) is 10.0 Å². The molecule has 0 unspecified atom stereocenters. The van der Waals surface area contributed by atoms with Crippen LogP contribution in [0.1, 0.15) is 28.3 Å². The first-order valence-electron chi connectivity index (χ1n) is 10.6. The minimum Gasteiger partial charge on any atom is -0.354 e. The van der Waals surface area contributed by atoms with Crippen molar-refractivity contribution in [3.05, 3.63) is 70.4 Å². The molecule has 0 saturated carbocycles. The van der Waals surface area contributed by atoms with Crippen LogP contribution < -0.4 is 4.90 Å². The van der Waals surface area contributed by atoms with Crippen LogP contribution in [0.25, 0.3) is 11.9 Å². The van der Waals surface area contributed by atoms with Gasteiger partial charge in [0.1, 0.15) is 23.8 Å². The molecule has 0 atom stereocenters. The fourth-order valence-electron chi connectivity index (χ4n) is 3.65. The lowest BCUT2D eigenvalue weighted by molar-refractivity contribution is 0.388. The van der Waals surface area contributed by atoms with E-state index in [-0.39, 0.29) is 0 Å². The average molecular weight is 453 g/mol. The molecule has 32 heavy (non-hydrogen) atoms. The first-order chi connectivity index (χ1) is 15.2. The molecule has 0 N–H and O–H groups in total. The molecule has 9 heteroatoms. The molecule has 4 rings (SSSR count). The number of benzene rings is 1. The summed E-state index contributed by atoms with van der Waals surface area (Å²) in [5, 5.41) is 1.30. The van der Waals surface area contributed by atoms with E-state index in [0.717, 1.165) is 34.2 Å². The Morgan fingerprint density at radius 1 is 0.906 bits per heavy atom. The van der Waals surface area contributed by atoms with E-state index in [1.54, 1.807) is 12.4 Å². The quantitative estimate of drug-likeness (QED) is 0.592. The zero-order valence-electron chi connectivity index (χ0n) is 18.9. The van der Waals surface area contributed by atoms with Crippen molar-refractivity contribution >= 4 is 21.9 Å². The molecule has 0 aliphatic carbocycles. The number of aromatic nitrogens is 4. The molecule has 1 saturated heterocycles. The van der Waals surface area contributed by atoms with Gasteiger partial charge in [-0.1, -0.05) is 29.8 Å². The molecule has 1 aromatic carbocycles. The maximum atomic E-state index is 12.8. The Kier molecular flexibility index (Phi) is 6.12. The molecular weight excluding hydrogens is 424 g/mol. The van der Waals surface area contributed by atoms with Crippen LogP contribution >= 0.6 is 0 Å². The Hall–Kier alpha value is -3.04. The van der Waals surface area contributed by atoms with Gasteiger partial charge in [0.15, 0.2) is 0 Å². The Morgan fingerprint density at radius 3 is 2.19 bits per heavy atom. The third kappa shape index (κ3) is 4.73. The van der Waals surface area contributed by atoms with Gasteiger partial charge in [-0.3, -0.25) is 4.57 Å². The standard InChI is InChI=1S/C23H28N6O2S/c1-17-5-7-21(8-6-17)9-14-32(30,31)28-12-10-27(11-13-28)22-15-23(26-20(4)25-22)29-16-24-18(2)19(29)3/h5-9,14-16H,10-13H2,1-4H3/b14-9+. The third-order valence-electron chi connectivity index (χ3n) is 5.74. The largest absolute Gasteiger partial charge is 0.354 e. The van der Waals surface area contributed by atoms with Crippen LogP contribution in [0, 0.1) is 27.7 Å². The van der Waals surface area contributed by atoms with Crippen LogP contribution in [0.2, 0.25) is 0 Å². The van der Waals surface area contributed by atoms with Crippen molar-refractivity contribution in [3.8, 4) is 5.82 Å². The summed E-state index contributed by atoms with van der Waals surface area (Å²) >= 11 is 0. The van der Waals surface area contributed by atoms with Crippen molar-refractivity contribution in [2.24, 2.45) is 0 Å². The van der Waals surface area contributed by atoms with Crippen molar-refractivity contribution in [2.45, 2.75) is 27.7 Å². The van der Waals surface area contributed by atoms with Crippen LogP contribution in [0.15, 0.2) is 42.1 Å². The number of sulfonamides is 1. The molecule has 0 amide bonds. The van der Waals surface area contributed by atoms with E-state index in [1.165, 1.54) is 9.71 Å². The molecule has 1 fully saturated rings. The number of piperazine rings is 1. The number of rotatable bonds is 5. The van der Waals surface area contributed by atoms with Gasteiger partial charge >= 0.3 is 0 Å². The smallest absolute Gasteiger partial charge is 0.236 e. The van der Waals surface area contributed by atoms with Crippen LogP contribution in [0.3, 0.4) is 0 Å². The van der Waals surface area contributed by atoms with Gasteiger partial charge in [-0.15, -0.1) is 0 Å². The van der Waals surface area contributed by atoms with Crippen molar-refractivity contribution < 1.29 is 8.42 Å². The van der Waals surface area contributed by atoms with E-state index in [4.69, 9.17) is 0 Å². The van der Waals surface area contributed by atoms with Crippen molar-refractivity contribution in [1.29, 1.82) is 0 Å². The fraction of sp³-hybridized carbons (Fsp3) is 0.348. The predicted molar refractivity (Wildman–Crippen MR) is 126 cm³/mol. The second-order valence-electron chi connectivity index (χ2n) is 8.06. The van der Waals surface area contributed by atoms with Crippen LogP contribution in [-0.4, -0.2) is 58.4 Å². The van der Waals surface area contributed by atoms with E-state index in [9.17, 15) is 8.42 Å². The highest BCUT2D eigenvalue weighted by molar-refractivity contribution is 7.92. The summed E-state index contributed by atoms with van der Waals surface area (Å²) in [4.78, 5) is 15.6. The lowest BCUT2D eigenvalue weighted by Gasteiger charge is -2.34. The van der Waals surface area contributed by atoms with Crippen LogP contribution in [0.5, 0.6) is 0 Å². The molecular formula is C23H28N6O2S. The normalized spacial score (nSPS) is 15.6. The Bertz CT molecular complexity index is 1240. The van der Waals surface area contributed by atoms with Crippen molar-refractivity contribution in [1.82, 2.24) is 23.8 Å². The first-order valence-corrected chi connectivity index (χ1v) is 12.1. The molecule has 0 bridgehead atoms. The van der Waals surface area contributed by atoms with E-state index >= 15 is 0 Å². The number of anilines is 1. The number of aryl methyl sites for hydroxylation is 3. The van der Waals surface area contributed by atoms with Gasteiger partial charge in [-0.05, 0) is 39.3 Å². The van der Waals surface area contributed by atoms with Gasteiger partial charge in [-0.2, -0.15) is 4.31 Å². The Balaban J connectivity index is 1.46. The predicted octanol–water partition coefficient (Wildman–Crippen LogP) is 3.02. The highest BCUT2D eigenvalue weighted by Gasteiger charge is 2.26. The SMILES string of the molecule is Cc1ccc(/C=C/S(=O)(=O)N2CCN(c3cc(-n4cnc(C)c4C)nc(C)n3)CC2)cc1. The molecule has 0 radical (unpaired) electrons. The molecule has 3 aromatic rings. The topological polar surface area (TPSA) is 84.2 Å². The molecule has 2 aromatic heterocycles. The average Bonchev–Trinajstić information content (AvgIpc) is 3.11. The monoisotopic (exact) mass is 452 g/mol. The van der Waals surface area contributed by atoms with E-state index < -0.39 is 10.0 Å². The van der Waals surface area contributed by atoms with Gasteiger partial charge in [-0.25, -0.2) is 23.4 Å². The highest BCUT2D eigenvalue weighted by atomic mass is 32.2. The molecule has 1 aliphatic heterocycles. The lowest BCUT2D eigenvalue weighted by atomic mass is 10.2. The first kappa shape index (κ1) is 22.2. The van der Waals surface area contributed by atoms with Gasteiger partial charge in [0, 0.05) is 43.3 Å². The summed E-state index contributed by atoms with van der Waals surface area (Å²) in [6.45, 7) is 9.78. The van der Waals surface area contributed by atoms with E-state index in [2.05, 4.69) is 19.9 Å². The number of hydrogen-bond donors (Lipinski definition) is 0. The molecule has 8 nitrogen and oxygen atoms in total. The summed E-state index contributed by atoms with van der Waals surface area (Å²) in [6.07, 6.45) is 3.41. The third-order valence-corrected chi connectivity index (χ3v) is 7.31. The molecule has 3 heterocycles. The zero-order valence-corrected chi connectivity index (χ0v) is 19.7. The minimum atomic E-state index is -3.48. The molecule has 1 aliphatic rings. The maximum Gasteiger partial charge on any atom is 0.236 e. The van der Waals surface area contributed by atoms with Crippen molar-refractivity contribution in [3.63, 3.8) is 0 Å². The lowest BCUT2D eigenvalue weighted by Crippen LogP contribution is -2.48.